The summed E-state index contributed by atoms with van der Waals surface area (Å²) in [6.45, 7) is 11.3. The van der Waals surface area contributed by atoms with Crippen LogP contribution in [0.2, 0.25) is 0 Å². The Morgan fingerprint density at radius 1 is 1.03 bits per heavy atom. The molecule has 0 bridgehead atoms. The first-order chi connectivity index (χ1) is 16.9. The summed E-state index contributed by atoms with van der Waals surface area (Å²) in [5.41, 5.74) is 2.29. The van der Waals surface area contributed by atoms with Crippen molar-refractivity contribution < 1.29 is 24.2 Å². The van der Waals surface area contributed by atoms with Crippen LogP contribution in [0.3, 0.4) is 0 Å². The predicted octanol–water partition coefficient (Wildman–Crippen LogP) is 4.56. The number of carbonyl (C=O) groups is 2. The zero-order valence-corrected chi connectivity index (χ0v) is 21.3. The fraction of sp³-hybridized carbons (Fsp3) is 0.429. The van der Waals surface area contributed by atoms with Crippen LogP contribution in [0.25, 0.3) is 5.76 Å². The minimum Gasteiger partial charge on any atom is -0.507 e. The second kappa shape index (κ2) is 11.9. The molecule has 2 aromatic carbocycles. The van der Waals surface area contributed by atoms with Crippen molar-refractivity contribution in [2.45, 2.75) is 40.2 Å². The number of aliphatic hydroxyl groups is 1. The smallest absolute Gasteiger partial charge is 0.295 e. The highest BCUT2D eigenvalue weighted by Crippen LogP contribution is 2.42. The Kier molecular flexibility index (Phi) is 8.93. The number of aryl methyl sites for hydroxylation is 1. The molecule has 0 aromatic heterocycles. The number of nitrogens with zero attached hydrogens (tertiary/aromatic N) is 2. The molecule has 1 aliphatic heterocycles. The normalized spacial score (nSPS) is 17.3. The minimum absolute atomic E-state index is 0.0858. The van der Waals surface area contributed by atoms with E-state index in [1.807, 2.05) is 32.0 Å². The summed E-state index contributed by atoms with van der Waals surface area (Å²) in [5, 5.41) is 11.2. The number of aliphatic hydroxyl groups excluding tert-OH is 1. The van der Waals surface area contributed by atoms with Crippen LogP contribution in [0.15, 0.2) is 48.0 Å². The van der Waals surface area contributed by atoms with E-state index >= 15 is 0 Å². The number of benzene rings is 2. The molecule has 1 amide bonds. The lowest BCUT2D eigenvalue weighted by Gasteiger charge is -2.28. The summed E-state index contributed by atoms with van der Waals surface area (Å²) in [7, 11) is 1.56. The van der Waals surface area contributed by atoms with E-state index in [1.54, 1.807) is 36.3 Å². The second-order valence-corrected chi connectivity index (χ2v) is 8.64. The van der Waals surface area contributed by atoms with Gasteiger partial charge in [0.15, 0.2) is 11.5 Å². The molecule has 0 unspecified atom stereocenters. The molecule has 0 radical (unpaired) electrons. The van der Waals surface area contributed by atoms with E-state index in [1.165, 1.54) is 0 Å². The number of carbonyl (C=O) groups excluding carboxylic acids is 2. The van der Waals surface area contributed by atoms with Gasteiger partial charge in [-0.05, 0) is 44.1 Å². The van der Waals surface area contributed by atoms with Crippen LogP contribution >= 0.6 is 0 Å². The molecular weight excluding hydrogens is 444 g/mol. The van der Waals surface area contributed by atoms with Crippen LogP contribution in [0.1, 0.15) is 49.9 Å². The third-order valence-corrected chi connectivity index (χ3v) is 6.38. The van der Waals surface area contributed by atoms with E-state index in [9.17, 15) is 14.7 Å². The topological polar surface area (TPSA) is 79.3 Å². The highest BCUT2D eigenvalue weighted by Gasteiger charge is 2.46. The molecule has 7 heteroatoms. The third-order valence-electron chi connectivity index (χ3n) is 6.38. The van der Waals surface area contributed by atoms with E-state index in [0.29, 0.717) is 42.3 Å². The summed E-state index contributed by atoms with van der Waals surface area (Å²) < 4.78 is 11.3. The van der Waals surface area contributed by atoms with Gasteiger partial charge in [0.2, 0.25) is 0 Å². The van der Waals surface area contributed by atoms with Crippen molar-refractivity contribution in [2.24, 2.45) is 0 Å². The molecular formula is C28H36N2O5. The van der Waals surface area contributed by atoms with Gasteiger partial charge >= 0.3 is 0 Å². The molecule has 35 heavy (non-hydrogen) atoms. The van der Waals surface area contributed by atoms with Crippen LogP contribution in [0, 0.1) is 6.92 Å². The molecule has 0 saturated carbocycles. The lowest BCUT2D eigenvalue weighted by Crippen LogP contribution is -2.38. The van der Waals surface area contributed by atoms with Gasteiger partial charge in [0.1, 0.15) is 5.76 Å². The molecule has 1 fully saturated rings. The standard InChI is InChI=1S/C28H36N2O5/c1-6-17-35-22-14-13-21(18-23(22)34-5)25-24(26(31)20-11-9-19(4)10-12-20)27(32)28(33)30(25)16-15-29(7-2)8-3/h9-14,18,25,31H,6-8,15-17H2,1-5H3/b26-24+/t25-/m1/s1. The molecule has 1 N–H and O–H groups in total. The van der Waals surface area contributed by atoms with Crippen LogP contribution < -0.4 is 9.47 Å². The van der Waals surface area contributed by atoms with Crippen molar-refractivity contribution in [2.75, 3.05) is 39.9 Å². The Labute approximate surface area is 207 Å². The van der Waals surface area contributed by atoms with Gasteiger partial charge in [0, 0.05) is 18.7 Å². The van der Waals surface area contributed by atoms with Crippen LogP contribution in [-0.2, 0) is 9.59 Å². The zero-order valence-electron chi connectivity index (χ0n) is 21.3. The highest BCUT2D eigenvalue weighted by molar-refractivity contribution is 6.46. The molecule has 7 nitrogen and oxygen atoms in total. The third kappa shape index (κ3) is 5.68. The van der Waals surface area contributed by atoms with Gasteiger partial charge in [-0.2, -0.15) is 0 Å². The van der Waals surface area contributed by atoms with Gasteiger partial charge in [-0.25, -0.2) is 0 Å². The summed E-state index contributed by atoms with van der Waals surface area (Å²) in [6.07, 6.45) is 0.854. The number of rotatable bonds is 11. The maximum atomic E-state index is 13.2. The maximum Gasteiger partial charge on any atom is 0.295 e. The summed E-state index contributed by atoms with van der Waals surface area (Å²) in [5.74, 6) is -0.361. The summed E-state index contributed by atoms with van der Waals surface area (Å²) in [6, 6.07) is 11.9. The number of likely N-dealkylation sites (N-methyl/N-ethyl adjacent to an activating group) is 1. The average molecular weight is 481 g/mol. The monoisotopic (exact) mass is 480 g/mol. The first-order valence-corrected chi connectivity index (χ1v) is 12.2. The Hall–Kier alpha value is -3.32. The lowest BCUT2D eigenvalue weighted by atomic mass is 9.94. The number of ether oxygens (including phenoxy) is 2. The average Bonchev–Trinajstić information content (AvgIpc) is 3.13. The van der Waals surface area contributed by atoms with Crippen LogP contribution in [0.5, 0.6) is 11.5 Å². The SMILES string of the molecule is CCCOc1ccc([C@@H]2/C(=C(\O)c3ccc(C)cc3)C(=O)C(=O)N2CCN(CC)CC)cc1OC. The van der Waals surface area contributed by atoms with Gasteiger partial charge < -0.3 is 24.4 Å². The largest absolute Gasteiger partial charge is 0.507 e. The Morgan fingerprint density at radius 3 is 2.31 bits per heavy atom. The van der Waals surface area contributed by atoms with Crippen molar-refractivity contribution in [1.29, 1.82) is 0 Å². The fourth-order valence-electron chi connectivity index (χ4n) is 4.30. The van der Waals surface area contributed by atoms with Gasteiger partial charge in [0.25, 0.3) is 11.7 Å². The maximum absolute atomic E-state index is 13.2. The van der Waals surface area contributed by atoms with Gasteiger partial charge in [-0.3, -0.25) is 9.59 Å². The number of Topliss-reactive ketones (excluding diaryl/α,β-unsaturated/α-hetero) is 1. The van der Waals surface area contributed by atoms with E-state index in [4.69, 9.17) is 9.47 Å². The molecule has 2 aromatic rings. The fourth-order valence-corrected chi connectivity index (χ4v) is 4.30. The summed E-state index contributed by atoms with van der Waals surface area (Å²) >= 11 is 0. The summed E-state index contributed by atoms with van der Waals surface area (Å²) in [4.78, 5) is 30.2. The van der Waals surface area contributed by atoms with Crippen molar-refractivity contribution in [3.8, 4) is 11.5 Å². The van der Waals surface area contributed by atoms with E-state index < -0.39 is 17.7 Å². The molecule has 1 atom stereocenters. The lowest BCUT2D eigenvalue weighted by molar-refractivity contribution is -0.140. The van der Waals surface area contributed by atoms with Crippen molar-refractivity contribution in [3.63, 3.8) is 0 Å². The van der Waals surface area contributed by atoms with Gasteiger partial charge in [-0.15, -0.1) is 0 Å². The number of hydrogen-bond donors (Lipinski definition) is 1. The van der Waals surface area contributed by atoms with Crippen molar-refractivity contribution in [1.82, 2.24) is 9.80 Å². The molecule has 1 heterocycles. The van der Waals surface area contributed by atoms with Crippen LogP contribution in [-0.4, -0.2) is 66.5 Å². The number of hydrogen-bond acceptors (Lipinski definition) is 6. The molecule has 3 rings (SSSR count). The number of likely N-dealkylation sites (tertiary alicyclic amines) is 1. The number of ketones is 1. The predicted molar refractivity (Wildman–Crippen MR) is 137 cm³/mol. The molecule has 1 saturated heterocycles. The Balaban J connectivity index is 2.12. The zero-order chi connectivity index (χ0) is 25.5. The Bertz CT molecular complexity index is 1070. The molecule has 0 aliphatic carbocycles. The number of methoxy groups -OCH3 is 1. The quantitative estimate of drug-likeness (QED) is 0.289. The van der Waals surface area contributed by atoms with E-state index in [0.717, 1.165) is 25.1 Å². The molecule has 1 aliphatic rings. The van der Waals surface area contributed by atoms with Gasteiger partial charge in [-0.1, -0.05) is 56.7 Å². The van der Waals surface area contributed by atoms with E-state index in [2.05, 4.69) is 18.7 Å². The Morgan fingerprint density at radius 2 is 1.71 bits per heavy atom. The molecule has 0 spiro atoms. The van der Waals surface area contributed by atoms with Gasteiger partial charge in [0.05, 0.1) is 25.3 Å². The van der Waals surface area contributed by atoms with Crippen molar-refractivity contribution >= 4 is 17.4 Å². The highest BCUT2D eigenvalue weighted by atomic mass is 16.5. The first kappa shape index (κ1) is 26.3. The second-order valence-electron chi connectivity index (χ2n) is 8.64. The van der Waals surface area contributed by atoms with E-state index in [-0.39, 0.29) is 11.3 Å². The first-order valence-electron chi connectivity index (χ1n) is 12.2. The van der Waals surface area contributed by atoms with Crippen LogP contribution in [0.4, 0.5) is 0 Å². The minimum atomic E-state index is -0.735. The molecule has 188 valence electrons. The number of amides is 1. The van der Waals surface area contributed by atoms with Crippen molar-refractivity contribution in [3.05, 3.63) is 64.7 Å².